The molecule has 0 fully saturated rings. The minimum atomic E-state index is -1.97. The minimum Gasteiger partial charge on any atom is -0.375 e. The number of benzene rings is 2. The fourth-order valence-electron chi connectivity index (χ4n) is 3.24. The summed E-state index contributed by atoms with van der Waals surface area (Å²) in [6.07, 6.45) is 0.265. The molecule has 8 heteroatoms. The molecule has 0 radical (unpaired) electrons. The van der Waals surface area contributed by atoms with E-state index in [1.807, 2.05) is 6.92 Å². The van der Waals surface area contributed by atoms with Gasteiger partial charge in [-0.15, -0.1) is 0 Å². The number of halogens is 1. The predicted molar refractivity (Wildman–Crippen MR) is 103 cm³/mol. The Morgan fingerprint density at radius 2 is 1.93 bits per heavy atom. The van der Waals surface area contributed by atoms with Crippen molar-refractivity contribution in [2.75, 3.05) is 11.4 Å². The van der Waals surface area contributed by atoms with E-state index in [0.29, 0.717) is 28.7 Å². The van der Waals surface area contributed by atoms with E-state index in [0.717, 1.165) is 0 Å². The molecule has 0 spiro atoms. The van der Waals surface area contributed by atoms with Gasteiger partial charge in [0.05, 0.1) is 17.0 Å². The number of carbonyl (C=O) groups is 2. The zero-order chi connectivity index (χ0) is 19.8. The van der Waals surface area contributed by atoms with Gasteiger partial charge in [0.25, 0.3) is 11.6 Å². The van der Waals surface area contributed by atoms with Crippen LogP contribution in [0.3, 0.4) is 0 Å². The molecule has 7 nitrogen and oxygen atoms in total. The number of hydrogen-bond acceptors (Lipinski definition) is 5. The van der Waals surface area contributed by atoms with Gasteiger partial charge in [-0.2, -0.15) is 0 Å². The Morgan fingerprint density at radius 3 is 2.52 bits per heavy atom. The van der Waals surface area contributed by atoms with Crippen molar-refractivity contribution in [3.05, 3.63) is 68.2 Å². The molecule has 0 aromatic heterocycles. The van der Waals surface area contributed by atoms with E-state index in [1.165, 1.54) is 29.2 Å². The molecule has 1 heterocycles. The highest BCUT2D eigenvalue weighted by Gasteiger charge is 2.50. The van der Waals surface area contributed by atoms with Crippen molar-refractivity contribution in [2.24, 2.45) is 0 Å². The van der Waals surface area contributed by atoms with Crippen molar-refractivity contribution in [3.8, 4) is 0 Å². The summed E-state index contributed by atoms with van der Waals surface area (Å²) < 4.78 is 0.689. The van der Waals surface area contributed by atoms with Crippen molar-refractivity contribution >= 4 is 39.0 Å². The van der Waals surface area contributed by atoms with Crippen molar-refractivity contribution in [2.45, 2.75) is 25.4 Å². The number of anilines is 1. The quantitative estimate of drug-likeness (QED) is 0.427. The number of ketones is 1. The van der Waals surface area contributed by atoms with Crippen LogP contribution < -0.4 is 4.90 Å². The average molecular weight is 433 g/mol. The second kappa shape index (κ2) is 7.21. The van der Waals surface area contributed by atoms with Crippen LogP contribution in [-0.2, 0) is 10.4 Å². The minimum absolute atomic E-state index is 0.134. The molecule has 1 aliphatic heterocycles. The summed E-state index contributed by atoms with van der Waals surface area (Å²) in [5.41, 5.74) is -0.930. The fourth-order valence-corrected chi connectivity index (χ4v) is 3.60. The van der Waals surface area contributed by atoms with Crippen LogP contribution in [0.25, 0.3) is 0 Å². The third kappa shape index (κ3) is 3.38. The summed E-state index contributed by atoms with van der Waals surface area (Å²) in [6.45, 7) is 2.35. The highest BCUT2D eigenvalue weighted by molar-refractivity contribution is 9.10. The monoisotopic (exact) mass is 432 g/mol. The third-order valence-corrected chi connectivity index (χ3v) is 5.05. The standard InChI is InChI=1S/C19H17BrN2O5/c1-2-9-21-16-8-5-13(20)10-15(16)19(25,18(21)24)11-17(23)12-3-6-14(7-4-12)22(26)27/h3-8,10,25H,2,9,11H2,1H3/t19-/m0/s1. The number of fused-ring (bicyclic) bond motifs is 1. The molecular formula is C19H17BrN2O5. The largest absolute Gasteiger partial charge is 0.375 e. The number of rotatable bonds is 6. The Bertz CT molecular complexity index is 928. The van der Waals surface area contributed by atoms with Gasteiger partial charge in [-0.1, -0.05) is 22.9 Å². The second-order valence-electron chi connectivity index (χ2n) is 6.38. The van der Waals surface area contributed by atoms with Gasteiger partial charge in [0.2, 0.25) is 0 Å². The maximum atomic E-state index is 12.9. The lowest BCUT2D eigenvalue weighted by molar-refractivity contribution is -0.384. The maximum absolute atomic E-state index is 12.9. The van der Waals surface area contributed by atoms with Crippen LogP contribution in [-0.4, -0.2) is 28.3 Å². The molecule has 2 aromatic rings. The number of hydrogen-bond donors (Lipinski definition) is 1. The molecule has 3 rings (SSSR count). The summed E-state index contributed by atoms with van der Waals surface area (Å²) in [6, 6.07) is 10.3. The summed E-state index contributed by atoms with van der Waals surface area (Å²) >= 11 is 3.34. The Kier molecular flexibility index (Phi) is 5.12. The Hall–Kier alpha value is -2.58. The van der Waals surface area contributed by atoms with Gasteiger partial charge in [-0.05, 0) is 36.8 Å². The second-order valence-corrected chi connectivity index (χ2v) is 7.30. The van der Waals surface area contributed by atoms with Crippen LogP contribution in [0.2, 0.25) is 0 Å². The maximum Gasteiger partial charge on any atom is 0.269 e. The first-order chi connectivity index (χ1) is 12.8. The number of Topliss-reactive ketones (excluding diaryl/α,β-unsaturated/α-hetero) is 1. The lowest BCUT2D eigenvalue weighted by atomic mass is 9.88. The topological polar surface area (TPSA) is 101 Å². The molecule has 0 saturated carbocycles. The molecule has 1 atom stereocenters. The number of nitrogens with zero attached hydrogens (tertiary/aromatic N) is 2. The molecule has 0 saturated heterocycles. The molecular weight excluding hydrogens is 416 g/mol. The fraction of sp³-hybridized carbons (Fsp3) is 0.263. The molecule has 1 aliphatic rings. The Labute approximate surface area is 163 Å². The highest BCUT2D eigenvalue weighted by Crippen LogP contribution is 2.44. The van der Waals surface area contributed by atoms with Gasteiger partial charge in [0.15, 0.2) is 11.4 Å². The summed E-state index contributed by atoms with van der Waals surface area (Å²) in [5.74, 6) is -1.00. The van der Waals surface area contributed by atoms with E-state index in [-0.39, 0.29) is 11.3 Å². The first-order valence-electron chi connectivity index (χ1n) is 8.40. The first-order valence-corrected chi connectivity index (χ1v) is 9.19. The van der Waals surface area contributed by atoms with E-state index in [9.17, 15) is 24.8 Å². The molecule has 27 heavy (non-hydrogen) atoms. The molecule has 0 aliphatic carbocycles. The molecule has 0 unspecified atom stereocenters. The van der Waals surface area contributed by atoms with Gasteiger partial charge < -0.3 is 10.0 Å². The predicted octanol–water partition coefficient (Wildman–Crippen LogP) is 3.57. The van der Waals surface area contributed by atoms with Gasteiger partial charge in [0, 0.05) is 34.3 Å². The molecule has 1 amide bonds. The van der Waals surface area contributed by atoms with Gasteiger partial charge >= 0.3 is 0 Å². The number of non-ortho nitro benzene ring substituents is 1. The lowest BCUT2D eigenvalue weighted by Gasteiger charge is -2.22. The molecule has 2 aromatic carbocycles. The van der Waals surface area contributed by atoms with Crippen LogP contribution in [0.1, 0.15) is 35.7 Å². The number of aliphatic hydroxyl groups is 1. The van der Waals surface area contributed by atoms with Crippen molar-refractivity contribution in [1.82, 2.24) is 0 Å². The SMILES string of the molecule is CCCN1C(=O)[C@](O)(CC(=O)c2ccc([N+](=O)[O-])cc2)c2cc(Br)ccc21. The zero-order valence-corrected chi connectivity index (χ0v) is 16.1. The van der Waals surface area contributed by atoms with Crippen LogP contribution >= 0.6 is 15.9 Å². The normalized spacial score (nSPS) is 18.5. The van der Waals surface area contributed by atoms with E-state index < -0.39 is 28.6 Å². The van der Waals surface area contributed by atoms with E-state index >= 15 is 0 Å². The zero-order valence-electron chi connectivity index (χ0n) is 14.5. The van der Waals surface area contributed by atoms with E-state index in [2.05, 4.69) is 15.9 Å². The van der Waals surface area contributed by atoms with Crippen LogP contribution in [0.4, 0.5) is 11.4 Å². The Morgan fingerprint density at radius 1 is 1.26 bits per heavy atom. The first kappa shape index (κ1) is 19.2. The van der Waals surface area contributed by atoms with Crippen molar-refractivity contribution in [1.29, 1.82) is 0 Å². The van der Waals surface area contributed by atoms with Crippen molar-refractivity contribution < 1.29 is 19.6 Å². The molecule has 0 bridgehead atoms. The van der Waals surface area contributed by atoms with Crippen molar-refractivity contribution in [3.63, 3.8) is 0 Å². The highest BCUT2D eigenvalue weighted by atomic mass is 79.9. The molecule has 1 N–H and O–H groups in total. The Balaban J connectivity index is 1.95. The summed E-state index contributed by atoms with van der Waals surface area (Å²) in [7, 11) is 0. The lowest BCUT2D eigenvalue weighted by Crippen LogP contribution is -2.42. The van der Waals surface area contributed by atoms with E-state index in [1.54, 1.807) is 18.2 Å². The van der Waals surface area contributed by atoms with Gasteiger partial charge in [0.1, 0.15) is 0 Å². The molecule has 140 valence electrons. The number of nitro benzene ring substituents is 1. The van der Waals surface area contributed by atoms with Crippen LogP contribution in [0.15, 0.2) is 46.9 Å². The van der Waals surface area contributed by atoms with Crippen LogP contribution in [0.5, 0.6) is 0 Å². The average Bonchev–Trinajstić information content (AvgIpc) is 2.84. The van der Waals surface area contributed by atoms with E-state index in [4.69, 9.17) is 0 Å². The van der Waals surface area contributed by atoms with Gasteiger partial charge in [-0.25, -0.2) is 0 Å². The van der Waals surface area contributed by atoms with Crippen LogP contribution in [0, 0.1) is 10.1 Å². The third-order valence-electron chi connectivity index (χ3n) is 4.56. The number of carbonyl (C=O) groups excluding carboxylic acids is 2. The summed E-state index contributed by atoms with van der Waals surface area (Å²) in [5, 5.41) is 21.9. The van der Waals surface area contributed by atoms with Gasteiger partial charge in [-0.3, -0.25) is 19.7 Å². The number of nitro groups is 1. The smallest absolute Gasteiger partial charge is 0.269 e. The summed E-state index contributed by atoms with van der Waals surface area (Å²) in [4.78, 5) is 37.3. The number of amides is 1.